The zero-order chi connectivity index (χ0) is 14.0. The lowest BCUT2D eigenvalue weighted by Gasteiger charge is -2.21. The van der Waals surface area contributed by atoms with Gasteiger partial charge in [0.2, 0.25) is 0 Å². The lowest BCUT2D eigenvalue weighted by molar-refractivity contribution is 0.0858. The Morgan fingerprint density at radius 2 is 1.79 bits per heavy atom. The number of amides is 1. The van der Waals surface area contributed by atoms with Gasteiger partial charge in [0.05, 0.1) is 11.1 Å². The maximum atomic E-state index is 12.4. The van der Waals surface area contributed by atoms with Gasteiger partial charge in [0.1, 0.15) is 5.84 Å². The summed E-state index contributed by atoms with van der Waals surface area (Å²) in [6, 6.07) is 7.76. The zero-order valence-electron chi connectivity index (χ0n) is 12.2. The number of aliphatic imine (C=N–C) groups is 1. The lowest BCUT2D eigenvalue weighted by Crippen LogP contribution is -2.33. The Hall–Kier alpha value is -1.64. The van der Waals surface area contributed by atoms with Gasteiger partial charge in [0.15, 0.2) is 0 Å². The molecular formula is C16H22N2O. The van der Waals surface area contributed by atoms with Crippen molar-refractivity contribution in [2.24, 2.45) is 4.99 Å². The molecule has 0 saturated heterocycles. The van der Waals surface area contributed by atoms with Crippen molar-refractivity contribution in [1.29, 1.82) is 0 Å². The Morgan fingerprint density at radius 1 is 1.16 bits per heavy atom. The minimum absolute atomic E-state index is 0.0899. The smallest absolute Gasteiger partial charge is 0.260 e. The Bertz CT molecular complexity index is 512. The number of benzene rings is 1. The molecule has 0 aliphatic carbocycles. The van der Waals surface area contributed by atoms with Crippen LogP contribution in [0, 0.1) is 0 Å². The van der Waals surface area contributed by atoms with Crippen molar-refractivity contribution in [3.8, 4) is 0 Å². The average molecular weight is 258 g/mol. The predicted octanol–water partition coefficient (Wildman–Crippen LogP) is 3.49. The number of rotatable bonds is 3. The fraction of sp³-hybridized carbons (Fsp3) is 0.500. The largest absolute Gasteiger partial charge is 0.292 e. The molecule has 19 heavy (non-hydrogen) atoms. The van der Waals surface area contributed by atoms with Crippen LogP contribution in [0.15, 0.2) is 29.3 Å². The number of nitrogens with zero attached hydrogens (tertiary/aromatic N) is 2. The Balaban J connectivity index is 2.45. The second kappa shape index (κ2) is 5.16. The molecule has 3 nitrogen and oxygen atoms in total. The molecule has 1 heterocycles. The van der Waals surface area contributed by atoms with Gasteiger partial charge in [-0.25, -0.2) is 0 Å². The SMILES string of the molecule is CCCCN1C(=O)c2ccccc2C1=NC(C)(C)C. The van der Waals surface area contributed by atoms with E-state index in [1.165, 1.54) is 0 Å². The highest BCUT2D eigenvalue weighted by molar-refractivity contribution is 6.23. The molecule has 102 valence electrons. The van der Waals surface area contributed by atoms with Crippen LogP contribution in [-0.2, 0) is 0 Å². The maximum Gasteiger partial charge on any atom is 0.260 e. The molecule has 2 rings (SSSR count). The molecule has 0 N–H and O–H groups in total. The lowest BCUT2D eigenvalue weighted by atomic mass is 10.1. The van der Waals surface area contributed by atoms with E-state index in [4.69, 9.17) is 4.99 Å². The summed E-state index contributed by atoms with van der Waals surface area (Å²) in [5.41, 5.74) is 1.57. The Labute approximate surface area is 115 Å². The van der Waals surface area contributed by atoms with E-state index in [-0.39, 0.29) is 11.4 Å². The molecule has 0 bridgehead atoms. The van der Waals surface area contributed by atoms with Gasteiger partial charge in [0, 0.05) is 12.1 Å². The molecule has 0 atom stereocenters. The van der Waals surface area contributed by atoms with Gasteiger partial charge in [-0.05, 0) is 33.3 Å². The third-order valence-corrected chi connectivity index (χ3v) is 3.08. The highest BCUT2D eigenvalue weighted by Crippen LogP contribution is 2.25. The molecule has 0 fully saturated rings. The number of hydrogen-bond acceptors (Lipinski definition) is 2. The summed E-state index contributed by atoms with van der Waals surface area (Å²) in [6.07, 6.45) is 2.08. The molecule has 1 aliphatic rings. The van der Waals surface area contributed by atoms with E-state index in [2.05, 4.69) is 27.7 Å². The van der Waals surface area contributed by atoms with Crippen molar-refractivity contribution in [3.05, 3.63) is 35.4 Å². The van der Waals surface area contributed by atoms with Crippen molar-refractivity contribution in [3.63, 3.8) is 0 Å². The Kier molecular flexibility index (Phi) is 3.74. The number of fused-ring (bicyclic) bond motifs is 1. The summed E-state index contributed by atoms with van der Waals surface area (Å²) in [4.78, 5) is 19.0. The molecule has 1 aromatic carbocycles. The first-order valence-electron chi connectivity index (χ1n) is 6.95. The van der Waals surface area contributed by atoms with Gasteiger partial charge in [-0.1, -0.05) is 31.5 Å². The second-order valence-electron chi connectivity index (χ2n) is 5.96. The van der Waals surface area contributed by atoms with Crippen molar-refractivity contribution in [1.82, 2.24) is 4.90 Å². The fourth-order valence-corrected chi connectivity index (χ4v) is 2.21. The summed E-state index contributed by atoms with van der Waals surface area (Å²) in [5, 5.41) is 0. The van der Waals surface area contributed by atoms with Crippen LogP contribution in [0.5, 0.6) is 0 Å². The highest BCUT2D eigenvalue weighted by Gasteiger charge is 2.33. The third-order valence-electron chi connectivity index (χ3n) is 3.08. The molecule has 0 aromatic heterocycles. The van der Waals surface area contributed by atoms with Gasteiger partial charge in [-0.3, -0.25) is 14.7 Å². The van der Waals surface area contributed by atoms with Gasteiger partial charge < -0.3 is 0 Å². The highest BCUT2D eigenvalue weighted by atomic mass is 16.2. The van der Waals surface area contributed by atoms with Gasteiger partial charge in [-0.15, -0.1) is 0 Å². The van der Waals surface area contributed by atoms with E-state index in [0.717, 1.165) is 36.3 Å². The average Bonchev–Trinajstić information content (AvgIpc) is 2.59. The van der Waals surface area contributed by atoms with Crippen LogP contribution in [0.3, 0.4) is 0 Å². The Morgan fingerprint density at radius 3 is 2.37 bits per heavy atom. The molecular weight excluding hydrogens is 236 g/mol. The topological polar surface area (TPSA) is 32.7 Å². The minimum Gasteiger partial charge on any atom is -0.292 e. The molecule has 1 amide bonds. The molecule has 1 aliphatic heterocycles. The standard InChI is InChI=1S/C16H22N2O/c1-5-6-11-18-14(17-16(2,3)4)12-9-7-8-10-13(12)15(18)19/h7-10H,5-6,11H2,1-4H3. The van der Waals surface area contributed by atoms with Crippen LogP contribution in [0.4, 0.5) is 0 Å². The van der Waals surface area contributed by atoms with E-state index < -0.39 is 0 Å². The summed E-state index contributed by atoms with van der Waals surface area (Å²) >= 11 is 0. The van der Waals surface area contributed by atoms with Crippen LogP contribution in [0.2, 0.25) is 0 Å². The third kappa shape index (κ3) is 2.86. The minimum atomic E-state index is -0.183. The van der Waals surface area contributed by atoms with Crippen molar-refractivity contribution in [2.75, 3.05) is 6.54 Å². The first kappa shape index (κ1) is 13.8. The van der Waals surface area contributed by atoms with Crippen molar-refractivity contribution < 1.29 is 4.79 Å². The van der Waals surface area contributed by atoms with Gasteiger partial charge in [0.25, 0.3) is 5.91 Å². The van der Waals surface area contributed by atoms with Crippen LogP contribution in [-0.4, -0.2) is 28.7 Å². The van der Waals surface area contributed by atoms with Crippen LogP contribution < -0.4 is 0 Å². The van der Waals surface area contributed by atoms with E-state index in [1.54, 1.807) is 0 Å². The normalized spacial score (nSPS) is 17.2. The first-order chi connectivity index (χ1) is 8.94. The van der Waals surface area contributed by atoms with Crippen molar-refractivity contribution >= 4 is 11.7 Å². The molecule has 1 aromatic rings. The molecule has 0 unspecified atom stereocenters. The van der Waals surface area contributed by atoms with Crippen LogP contribution >= 0.6 is 0 Å². The molecule has 0 radical (unpaired) electrons. The molecule has 0 saturated carbocycles. The first-order valence-corrected chi connectivity index (χ1v) is 6.95. The van der Waals surface area contributed by atoms with Crippen LogP contribution in [0.1, 0.15) is 56.5 Å². The summed E-state index contributed by atoms with van der Waals surface area (Å²) < 4.78 is 0. The zero-order valence-corrected chi connectivity index (χ0v) is 12.2. The summed E-state index contributed by atoms with van der Waals surface area (Å²) in [5.74, 6) is 0.925. The fourth-order valence-electron chi connectivity index (χ4n) is 2.21. The molecule has 0 spiro atoms. The van der Waals surface area contributed by atoms with E-state index in [9.17, 15) is 4.79 Å². The number of carbonyl (C=O) groups excluding carboxylic acids is 1. The van der Waals surface area contributed by atoms with E-state index in [1.807, 2.05) is 29.2 Å². The van der Waals surface area contributed by atoms with E-state index in [0.29, 0.717) is 0 Å². The molecule has 3 heteroatoms. The summed E-state index contributed by atoms with van der Waals surface area (Å²) in [6.45, 7) is 9.06. The maximum absolute atomic E-state index is 12.4. The summed E-state index contributed by atoms with van der Waals surface area (Å²) in [7, 11) is 0. The number of hydrogen-bond donors (Lipinski definition) is 0. The van der Waals surface area contributed by atoms with E-state index >= 15 is 0 Å². The number of carbonyl (C=O) groups is 1. The second-order valence-corrected chi connectivity index (χ2v) is 5.96. The monoisotopic (exact) mass is 258 g/mol. The number of unbranched alkanes of at least 4 members (excludes halogenated alkanes) is 1. The quantitative estimate of drug-likeness (QED) is 0.817. The van der Waals surface area contributed by atoms with Crippen molar-refractivity contribution in [2.45, 2.75) is 46.1 Å². The van der Waals surface area contributed by atoms with Gasteiger partial charge in [-0.2, -0.15) is 0 Å². The number of amidine groups is 1. The van der Waals surface area contributed by atoms with Gasteiger partial charge >= 0.3 is 0 Å². The predicted molar refractivity (Wildman–Crippen MR) is 78.7 cm³/mol. The van der Waals surface area contributed by atoms with Crippen LogP contribution in [0.25, 0.3) is 0 Å².